The molecular weight excluding hydrogens is 166 g/mol. The van der Waals surface area contributed by atoms with Gasteiger partial charge in [-0.2, -0.15) is 0 Å². The third-order valence-electron chi connectivity index (χ3n) is 3.02. The van der Waals surface area contributed by atoms with E-state index in [1.807, 2.05) is 6.92 Å². The van der Waals surface area contributed by atoms with Gasteiger partial charge in [-0.3, -0.25) is 0 Å². The van der Waals surface area contributed by atoms with Crippen LogP contribution in [0.15, 0.2) is 0 Å². The Labute approximate surface area is 79.8 Å². The van der Waals surface area contributed by atoms with Crippen molar-refractivity contribution in [2.45, 2.75) is 44.4 Å². The SMILES string of the molecule is CC1(CCNC2CCC2)OCCO1. The molecule has 1 saturated carbocycles. The third-order valence-corrected chi connectivity index (χ3v) is 3.02. The summed E-state index contributed by atoms with van der Waals surface area (Å²) in [6, 6.07) is 0.769. The van der Waals surface area contributed by atoms with E-state index in [0.717, 1.165) is 32.2 Å². The molecule has 76 valence electrons. The van der Waals surface area contributed by atoms with Crippen molar-refractivity contribution in [3.63, 3.8) is 0 Å². The largest absolute Gasteiger partial charge is 0.348 e. The second kappa shape index (κ2) is 3.95. The average Bonchev–Trinajstić information content (AvgIpc) is 2.43. The lowest BCUT2D eigenvalue weighted by atomic mass is 9.93. The number of rotatable bonds is 4. The van der Waals surface area contributed by atoms with E-state index in [-0.39, 0.29) is 5.79 Å². The van der Waals surface area contributed by atoms with Crippen LogP contribution in [-0.4, -0.2) is 31.6 Å². The van der Waals surface area contributed by atoms with Gasteiger partial charge in [-0.15, -0.1) is 0 Å². The fourth-order valence-electron chi connectivity index (χ4n) is 1.82. The molecule has 0 amide bonds. The van der Waals surface area contributed by atoms with Gasteiger partial charge in [0.05, 0.1) is 13.2 Å². The monoisotopic (exact) mass is 185 g/mol. The van der Waals surface area contributed by atoms with E-state index in [1.54, 1.807) is 0 Å². The second-order valence-electron chi connectivity index (χ2n) is 4.16. The Morgan fingerprint density at radius 3 is 2.54 bits per heavy atom. The zero-order chi connectivity index (χ0) is 9.15. The van der Waals surface area contributed by atoms with E-state index in [9.17, 15) is 0 Å². The van der Waals surface area contributed by atoms with E-state index >= 15 is 0 Å². The highest BCUT2D eigenvalue weighted by molar-refractivity contribution is 4.78. The molecule has 1 aliphatic carbocycles. The van der Waals surface area contributed by atoms with Gasteiger partial charge in [-0.25, -0.2) is 0 Å². The van der Waals surface area contributed by atoms with Crippen LogP contribution < -0.4 is 5.32 Å². The first kappa shape index (κ1) is 9.44. The number of ether oxygens (including phenoxy) is 2. The smallest absolute Gasteiger partial charge is 0.166 e. The molecule has 1 N–H and O–H groups in total. The van der Waals surface area contributed by atoms with Gasteiger partial charge in [0.2, 0.25) is 0 Å². The second-order valence-corrected chi connectivity index (χ2v) is 4.16. The normalized spacial score (nSPS) is 27.5. The summed E-state index contributed by atoms with van der Waals surface area (Å²) in [7, 11) is 0. The summed E-state index contributed by atoms with van der Waals surface area (Å²) in [4.78, 5) is 0. The molecule has 2 fully saturated rings. The summed E-state index contributed by atoms with van der Waals surface area (Å²) < 4.78 is 11.0. The Hall–Kier alpha value is -0.120. The van der Waals surface area contributed by atoms with Crippen molar-refractivity contribution < 1.29 is 9.47 Å². The Bertz CT molecular complexity index is 162. The van der Waals surface area contributed by atoms with E-state index in [0.29, 0.717) is 0 Å². The molecule has 0 bridgehead atoms. The maximum Gasteiger partial charge on any atom is 0.166 e. The van der Waals surface area contributed by atoms with E-state index in [2.05, 4.69) is 5.32 Å². The Morgan fingerprint density at radius 1 is 1.31 bits per heavy atom. The molecule has 0 unspecified atom stereocenters. The van der Waals surface area contributed by atoms with Crippen LogP contribution in [0.3, 0.4) is 0 Å². The predicted octanol–water partition coefficient (Wildman–Crippen LogP) is 1.28. The standard InChI is InChI=1S/C10H19NO2/c1-10(12-7-8-13-10)5-6-11-9-3-2-4-9/h9,11H,2-8H2,1H3. The zero-order valence-corrected chi connectivity index (χ0v) is 8.34. The zero-order valence-electron chi connectivity index (χ0n) is 8.34. The highest BCUT2D eigenvalue weighted by atomic mass is 16.7. The molecule has 2 rings (SSSR count). The fraction of sp³-hybridized carbons (Fsp3) is 1.00. The van der Waals surface area contributed by atoms with Gasteiger partial charge in [0, 0.05) is 19.0 Å². The predicted molar refractivity (Wildman–Crippen MR) is 50.6 cm³/mol. The van der Waals surface area contributed by atoms with E-state index < -0.39 is 0 Å². The first-order valence-electron chi connectivity index (χ1n) is 5.30. The molecule has 0 spiro atoms. The first-order chi connectivity index (χ1) is 6.29. The number of hydrogen-bond donors (Lipinski definition) is 1. The summed E-state index contributed by atoms with van der Waals surface area (Å²) in [6.07, 6.45) is 5.04. The molecule has 3 heteroatoms. The minimum Gasteiger partial charge on any atom is -0.348 e. The maximum atomic E-state index is 5.51. The Balaban J connectivity index is 1.60. The van der Waals surface area contributed by atoms with Crippen LogP contribution in [0.4, 0.5) is 0 Å². The molecule has 0 aromatic carbocycles. The highest BCUT2D eigenvalue weighted by Gasteiger charge is 2.30. The van der Waals surface area contributed by atoms with Crippen LogP contribution in [-0.2, 0) is 9.47 Å². The van der Waals surface area contributed by atoms with Gasteiger partial charge in [0.15, 0.2) is 5.79 Å². The molecular formula is C10H19NO2. The minimum absolute atomic E-state index is 0.309. The molecule has 0 aromatic rings. The molecule has 1 heterocycles. The average molecular weight is 185 g/mol. The molecule has 2 aliphatic rings. The van der Waals surface area contributed by atoms with E-state index in [1.165, 1.54) is 19.3 Å². The van der Waals surface area contributed by atoms with Gasteiger partial charge < -0.3 is 14.8 Å². The van der Waals surface area contributed by atoms with Gasteiger partial charge in [0.1, 0.15) is 0 Å². The lowest BCUT2D eigenvalue weighted by molar-refractivity contribution is -0.146. The summed E-state index contributed by atoms with van der Waals surface area (Å²) >= 11 is 0. The van der Waals surface area contributed by atoms with Crippen molar-refractivity contribution in [1.82, 2.24) is 5.32 Å². The maximum absolute atomic E-state index is 5.51. The summed E-state index contributed by atoms with van der Waals surface area (Å²) in [5.74, 6) is -0.309. The quantitative estimate of drug-likeness (QED) is 0.715. The minimum atomic E-state index is -0.309. The van der Waals surface area contributed by atoms with Crippen LogP contribution in [0.25, 0.3) is 0 Å². The van der Waals surface area contributed by atoms with Crippen LogP contribution in [0.2, 0.25) is 0 Å². The Morgan fingerprint density at radius 2 is 2.00 bits per heavy atom. The molecule has 0 aromatic heterocycles. The number of hydrogen-bond acceptors (Lipinski definition) is 3. The molecule has 3 nitrogen and oxygen atoms in total. The van der Waals surface area contributed by atoms with Gasteiger partial charge in [-0.05, 0) is 19.8 Å². The lowest BCUT2D eigenvalue weighted by Gasteiger charge is -2.29. The van der Waals surface area contributed by atoms with Crippen molar-refractivity contribution in [3.8, 4) is 0 Å². The van der Waals surface area contributed by atoms with Gasteiger partial charge in [-0.1, -0.05) is 6.42 Å². The molecule has 1 aliphatic heterocycles. The molecule has 1 saturated heterocycles. The van der Waals surface area contributed by atoms with Crippen molar-refractivity contribution in [2.75, 3.05) is 19.8 Å². The highest BCUT2D eigenvalue weighted by Crippen LogP contribution is 2.23. The van der Waals surface area contributed by atoms with Crippen LogP contribution in [0, 0.1) is 0 Å². The summed E-state index contributed by atoms with van der Waals surface area (Å²) in [6.45, 7) is 4.55. The van der Waals surface area contributed by atoms with Crippen molar-refractivity contribution in [1.29, 1.82) is 0 Å². The molecule has 0 atom stereocenters. The fourth-order valence-corrected chi connectivity index (χ4v) is 1.82. The van der Waals surface area contributed by atoms with Crippen LogP contribution in [0.5, 0.6) is 0 Å². The molecule has 13 heavy (non-hydrogen) atoms. The topological polar surface area (TPSA) is 30.5 Å². The lowest BCUT2D eigenvalue weighted by Crippen LogP contribution is -2.39. The van der Waals surface area contributed by atoms with Crippen LogP contribution >= 0.6 is 0 Å². The number of nitrogens with one attached hydrogen (secondary N) is 1. The van der Waals surface area contributed by atoms with E-state index in [4.69, 9.17) is 9.47 Å². The molecule has 0 radical (unpaired) electrons. The van der Waals surface area contributed by atoms with Gasteiger partial charge in [0.25, 0.3) is 0 Å². The summed E-state index contributed by atoms with van der Waals surface area (Å²) in [5, 5.41) is 3.51. The van der Waals surface area contributed by atoms with Crippen molar-refractivity contribution >= 4 is 0 Å². The van der Waals surface area contributed by atoms with Crippen molar-refractivity contribution in [3.05, 3.63) is 0 Å². The Kier molecular flexibility index (Phi) is 2.86. The van der Waals surface area contributed by atoms with Gasteiger partial charge >= 0.3 is 0 Å². The van der Waals surface area contributed by atoms with Crippen molar-refractivity contribution in [2.24, 2.45) is 0 Å². The first-order valence-corrected chi connectivity index (χ1v) is 5.30. The third kappa shape index (κ3) is 2.42. The summed E-state index contributed by atoms with van der Waals surface area (Å²) in [5.41, 5.74) is 0. The van der Waals surface area contributed by atoms with Crippen LogP contribution in [0.1, 0.15) is 32.6 Å².